The van der Waals surface area contributed by atoms with Crippen molar-refractivity contribution in [3.05, 3.63) is 76.3 Å². The first-order chi connectivity index (χ1) is 12.7. The predicted molar refractivity (Wildman–Crippen MR) is 103 cm³/mol. The molecule has 1 unspecified atom stereocenters. The fourth-order valence-corrected chi connectivity index (χ4v) is 2.58. The van der Waals surface area contributed by atoms with E-state index in [0.717, 1.165) is 0 Å². The van der Waals surface area contributed by atoms with Crippen LogP contribution in [-0.4, -0.2) is 28.0 Å². The van der Waals surface area contributed by atoms with Crippen LogP contribution >= 0.6 is 11.6 Å². The van der Waals surface area contributed by atoms with Crippen molar-refractivity contribution in [1.29, 1.82) is 0 Å². The Morgan fingerprint density at radius 2 is 1.67 bits per heavy atom. The molecule has 0 aliphatic rings. The van der Waals surface area contributed by atoms with E-state index in [9.17, 15) is 15.1 Å². The average molecular weight is 386 g/mol. The van der Waals surface area contributed by atoms with Gasteiger partial charge >= 0.3 is 11.7 Å². The molecule has 0 aliphatic carbocycles. The van der Waals surface area contributed by atoms with E-state index in [1.54, 1.807) is 75.4 Å². The molecule has 0 saturated carbocycles. The third-order valence-electron chi connectivity index (χ3n) is 3.52. The van der Waals surface area contributed by atoms with Crippen LogP contribution in [0, 0.1) is 0 Å². The number of nitrogens with zero attached hydrogens (tertiary/aromatic N) is 2. The highest BCUT2D eigenvalue weighted by atomic mass is 35.5. The Kier molecular flexibility index (Phi) is 6.50. The van der Waals surface area contributed by atoms with Gasteiger partial charge in [0.15, 0.2) is 6.04 Å². The lowest BCUT2D eigenvalue weighted by atomic mass is 10.0. The Morgan fingerprint density at radius 3 is 2.22 bits per heavy atom. The zero-order valence-electron chi connectivity index (χ0n) is 15.3. The average Bonchev–Trinajstić information content (AvgIpc) is 2.61. The molecule has 2 aromatic carbocycles. The van der Waals surface area contributed by atoms with Gasteiger partial charge < -0.3 is 15.6 Å². The van der Waals surface area contributed by atoms with Gasteiger partial charge in [-0.1, -0.05) is 54.1 Å². The summed E-state index contributed by atoms with van der Waals surface area (Å²) >= 11 is 6.08. The summed E-state index contributed by atoms with van der Waals surface area (Å²) in [5.74, 6) is -1.35. The van der Waals surface area contributed by atoms with Gasteiger partial charge in [-0.15, -0.1) is 0 Å². The number of hydrogen-bond acceptors (Lipinski definition) is 3. The SMILES string of the molecule is CC(C)(C)OC(=O)C(=[N+]=[N-])C(NC(=O)c1ccccc1Cl)c1ccccc1. The quantitative estimate of drug-likeness (QED) is 0.367. The van der Waals surface area contributed by atoms with E-state index < -0.39 is 23.5 Å². The summed E-state index contributed by atoms with van der Waals surface area (Å²) in [5.41, 5.74) is 9.14. The number of esters is 1. The monoisotopic (exact) mass is 385 g/mol. The van der Waals surface area contributed by atoms with Crippen molar-refractivity contribution in [3.63, 3.8) is 0 Å². The van der Waals surface area contributed by atoms with Crippen LogP contribution in [0.3, 0.4) is 0 Å². The van der Waals surface area contributed by atoms with Gasteiger partial charge in [-0.3, -0.25) is 4.79 Å². The first kappa shape index (κ1) is 20.4. The largest absolute Gasteiger partial charge is 0.451 e. The second-order valence-electron chi connectivity index (χ2n) is 6.78. The van der Waals surface area contributed by atoms with Crippen molar-refractivity contribution in [3.8, 4) is 0 Å². The summed E-state index contributed by atoms with van der Waals surface area (Å²) < 4.78 is 5.30. The lowest BCUT2D eigenvalue weighted by Gasteiger charge is -2.20. The molecule has 6 nitrogen and oxygen atoms in total. The van der Waals surface area contributed by atoms with Crippen molar-refractivity contribution in [1.82, 2.24) is 5.32 Å². The number of halogens is 1. The highest BCUT2D eigenvalue weighted by Gasteiger charge is 2.37. The van der Waals surface area contributed by atoms with Crippen molar-refractivity contribution >= 4 is 29.2 Å². The Balaban J connectivity index is 2.40. The maximum absolute atomic E-state index is 12.7. The van der Waals surface area contributed by atoms with Crippen molar-refractivity contribution in [2.75, 3.05) is 0 Å². The first-order valence-electron chi connectivity index (χ1n) is 8.28. The minimum Gasteiger partial charge on any atom is -0.451 e. The summed E-state index contributed by atoms with van der Waals surface area (Å²) in [4.78, 5) is 28.3. The number of ether oxygens (including phenoxy) is 1. The fraction of sp³-hybridized carbons (Fsp3) is 0.250. The number of nitrogens with one attached hydrogen (secondary N) is 1. The summed E-state index contributed by atoms with van der Waals surface area (Å²) in [7, 11) is 0. The third-order valence-corrected chi connectivity index (χ3v) is 3.85. The maximum Gasteiger partial charge on any atom is 0.420 e. The number of carbonyl (C=O) groups is 2. The van der Waals surface area contributed by atoms with Crippen LogP contribution in [0.4, 0.5) is 0 Å². The lowest BCUT2D eigenvalue weighted by Crippen LogP contribution is -2.40. The number of benzene rings is 2. The molecule has 2 rings (SSSR count). The first-order valence-corrected chi connectivity index (χ1v) is 8.66. The molecule has 27 heavy (non-hydrogen) atoms. The Bertz CT molecular complexity index is 885. The van der Waals surface area contributed by atoms with E-state index in [1.165, 1.54) is 0 Å². The van der Waals surface area contributed by atoms with E-state index >= 15 is 0 Å². The van der Waals surface area contributed by atoms with Gasteiger partial charge in [0.2, 0.25) is 0 Å². The standard InChI is InChI=1S/C20H20ClN3O3/c1-20(2,3)27-19(26)17(24-22)16(13-9-5-4-6-10-13)23-18(25)14-11-7-8-12-15(14)21/h4-12,16H,1-3H3,(H,23,25). The Hall–Kier alpha value is -2.95. The number of rotatable bonds is 5. The van der Waals surface area contributed by atoms with Crippen LogP contribution in [0.25, 0.3) is 5.53 Å². The smallest absolute Gasteiger partial charge is 0.420 e. The minimum absolute atomic E-state index is 0.238. The predicted octanol–water partition coefficient (Wildman–Crippen LogP) is 3.82. The molecular formula is C20H20ClN3O3. The zero-order chi connectivity index (χ0) is 20.0. The molecule has 0 aliphatic heterocycles. The summed E-state index contributed by atoms with van der Waals surface area (Å²) in [6, 6.07) is 14.2. The highest BCUT2D eigenvalue weighted by molar-refractivity contribution is 6.37. The number of carbonyl (C=O) groups excluding carboxylic acids is 2. The molecule has 0 bridgehead atoms. The molecule has 7 heteroatoms. The number of hydrogen-bond donors (Lipinski definition) is 1. The second-order valence-corrected chi connectivity index (χ2v) is 7.19. The van der Waals surface area contributed by atoms with Crippen molar-refractivity contribution in [2.45, 2.75) is 32.4 Å². The molecule has 0 saturated heterocycles. The van der Waals surface area contributed by atoms with Crippen LogP contribution in [0.15, 0.2) is 54.6 Å². The van der Waals surface area contributed by atoms with Gasteiger partial charge in [-0.25, -0.2) is 4.79 Å². The topological polar surface area (TPSA) is 91.8 Å². The molecule has 0 heterocycles. The second kappa shape index (κ2) is 8.62. The summed E-state index contributed by atoms with van der Waals surface area (Å²) in [5, 5.41) is 2.96. The van der Waals surface area contributed by atoms with Gasteiger partial charge in [-0.05, 0) is 38.5 Å². The van der Waals surface area contributed by atoms with E-state index in [-0.39, 0.29) is 16.3 Å². The van der Waals surface area contributed by atoms with Crippen LogP contribution in [0.2, 0.25) is 5.02 Å². The van der Waals surface area contributed by atoms with Crippen LogP contribution in [-0.2, 0) is 9.53 Å². The summed E-state index contributed by atoms with van der Waals surface area (Å²) in [6.45, 7) is 5.08. The lowest BCUT2D eigenvalue weighted by molar-refractivity contribution is -0.151. The molecule has 0 radical (unpaired) electrons. The summed E-state index contributed by atoms with van der Waals surface area (Å²) in [6.07, 6.45) is 0. The molecule has 0 aromatic heterocycles. The highest BCUT2D eigenvalue weighted by Crippen LogP contribution is 2.20. The molecule has 1 amide bonds. The zero-order valence-corrected chi connectivity index (χ0v) is 16.0. The van der Waals surface area contributed by atoms with Gasteiger partial charge in [0.05, 0.1) is 10.6 Å². The number of amides is 1. The van der Waals surface area contributed by atoms with Gasteiger partial charge in [0.1, 0.15) is 5.60 Å². The molecule has 0 fully saturated rings. The molecule has 1 N–H and O–H groups in total. The normalized spacial score (nSPS) is 11.9. The van der Waals surface area contributed by atoms with E-state index in [2.05, 4.69) is 10.1 Å². The fourth-order valence-electron chi connectivity index (χ4n) is 2.36. The van der Waals surface area contributed by atoms with Crippen molar-refractivity contribution < 1.29 is 19.1 Å². The Labute approximate surface area is 162 Å². The van der Waals surface area contributed by atoms with Gasteiger partial charge in [0, 0.05) is 0 Å². The molecule has 2 aromatic rings. The van der Waals surface area contributed by atoms with Crippen LogP contribution in [0.1, 0.15) is 42.7 Å². The maximum atomic E-state index is 12.7. The third kappa shape index (κ3) is 5.51. The van der Waals surface area contributed by atoms with E-state index in [4.69, 9.17) is 16.3 Å². The van der Waals surface area contributed by atoms with E-state index in [0.29, 0.717) is 5.56 Å². The molecule has 0 spiro atoms. The van der Waals surface area contributed by atoms with Crippen molar-refractivity contribution in [2.24, 2.45) is 0 Å². The van der Waals surface area contributed by atoms with Crippen LogP contribution < -0.4 is 5.32 Å². The Morgan fingerprint density at radius 1 is 1.07 bits per heavy atom. The van der Waals surface area contributed by atoms with Gasteiger partial charge in [0.25, 0.3) is 5.91 Å². The van der Waals surface area contributed by atoms with E-state index in [1.807, 2.05) is 0 Å². The molecule has 140 valence electrons. The molecule has 1 atom stereocenters. The molecular weight excluding hydrogens is 366 g/mol. The van der Waals surface area contributed by atoms with Crippen LogP contribution in [0.5, 0.6) is 0 Å². The minimum atomic E-state index is -1.02. The van der Waals surface area contributed by atoms with Gasteiger partial charge in [-0.2, -0.15) is 4.79 Å².